The molecule has 0 unspecified atom stereocenters. The van der Waals surface area contributed by atoms with E-state index in [0.29, 0.717) is 54.7 Å². The predicted octanol–water partition coefficient (Wildman–Crippen LogP) is 5.06. The van der Waals surface area contributed by atoms with Gasteiger partial charge in [-0.15, -0.1) is 0 Å². The highest BCUT2D eigenvalue weighted by molar-refractivity contribution is 9.10. The molecule has 0 aliphatic carbocycles. The largest absolute Gasteiger partial charge is 0.449 e. The van der Waals surface area contributed by atoms with E-state index in [2.05, 4.69) is 15.9 Å². The Hall–Kier alpha value is -3.43. The highest BCUT2D eigenvalue weighted by Gasteiger charge is 2.38. The lowest BCUT2D eigenvalue weighted by molar-refractivity contribution is -0.385. The summed E-state index contributed by atoms with van der Waals surface area (Å²) in [5.41, 5.74) is -1.91. The van der Waals surface area contributed by atoms with Crippen LogP contribution in [0.2, 0.25) is 0 Å². The molecule has 2 aromatic rings. The van der Waals surface area contributed by atoms with Gasteiger partial charge in [-0.05, 0) is 48.2 Å². The number of benzene rings is 2. The van der Waals surface area contributed by atoms with E-state index in [-0.39, 0.29) is 16.2 Å². The van der Waals surface area contributed by atoms with Crippen LogP contribution >= 0.6 is 27.7 Å². The summed E-state index contributed by atoms with van der Waals surface area (Å²) >= 11 is 3.87. The number of nitro benzene ring substituents is 1. The van der Waals surface area contributed by atoms with Crippen molar-refractivity contribution in [3.05, 3.63) is 67.0 Å². The van der Waals surface area contributed by atoms with Crippen molar-refractivity contribution in [1.82, 2.24) is 9.80 Å². The lowest BCUT2D eigenvalue weighted by Gasteiger charge is -2.28. The molecule has 2 heterocycles. The number of carbonyl (C=O) groups excluding carboxylic acids is 3. The summed E-state index contributed by atoms with van der Waals surface area (Å²) in [6.45, 7) is 0.966. The van der Waals surface area contributed by atoms with Crippen LogP contribution in [0, 0.1) is 10.1 Å². The second kappa shape index (κ2) is 11.1. The van der Waals surface area contributed by atoms with Crippen LogP contribution in [0.15, 0.2) is 45.8 Å². The molecule has 0 N–H and O–H groups in total. The topological polar surface area (TPSA) is 119 Å². The SMILES string of the molecule is O=C(CN1C(=O)S/C(=C/c2cc(Br)ccc2Oc2ccc(C(F)(F)F)cc2[N+](=O)[O-])C1=O)N1CCOCC1. The number of alkyl halides is 3. The van der Waals surface area contributed by atoms with Crippen molar-refractivity contribution in [2.24, 2.45) is 0 Å². The van der Waals surface area contributed by atoms with E-state index in [0.717, 1.165) is 11.0 Å². The van der Waals surface area contributed by atoms with Crippen LogP contribution in [0.25, 0.3) is 6.08 Å². The van der Waals surface area contributed by atoms with Crippen molar-refractivity contribution < 1.29 is 42.0 Å². The number of hydrogen-bond acceptors (Lipinski definition) is 8. The Morgan fingerprint density at radius 2 is 1.84 bits per heavy atom. The van der Waals surface area contributed by atoms with Gasteiger partial charge in [-0.25, -0.2) is 0 Å². The van der Waals surface area contributed by atoms with Crippen molar-refractivity contribution in [2.45, 2.75) is 6.18 Å². The van der Waals surface area contributed by atoms with Gasteiger partial charge in [0.1, 0.15) is 12.3 Å². The molecule has 0 bridgehead atoms. The monoisotopic (exact) mass is 615 g/mol. The number of nitrogens with zero attached hydrogens (tertiary/aromatic N) is 3. The molecule has 0 atom stereocenters. The van der Waals surface area contributed by atoms with E-state index in [1.165, 1.54) is 29.2 Å². The number of amides is 3. The lowest BCUT2D eigenvalue weighted by Crippen LogP contribution is -2.46. The molecule has 2 fully saturated rings. The highest BCUT2D eigenvalue weighted by atomic mass is 79.9. The van der Waals surface area contributed by atoms with Gasteiger partial charge >= 0.3 is 11.9 Å². The first-order chi connectivity index (χ1) is 17.9. The van der Waals surface area contributed by atoms with Crippen LogP contribution in [-0.4, -0.2) is 64.6 Å². The van der Waals surface area contributed by atoms with Crippen LogP contribution in [0.1, 0.15) is 11.1 Å². The van der Waals surface area contributed by atoms with Gasteiger partial charge < -0.3 is 14.4 Å². The summed E-state index contributed by atoms with van der Waals surface area (Å²) < 4.78 is 50.4. The highest BCUT2D eigenvalue weighted by Crippen LogP contribution is 2.40. The summed E-state index contributed by atoms with van der Waals surface area (Å²) in [7, 11) is 0. The van der Waals surface area contributed by atoms with Crippen molar-refractivity contribution in [1.29, 1.82) is 0 Å². The van der Waals surface area contributed by atoms with Gasteiger partial charge in [0.05, 0.1) is 28.6 Å². The Balaban J connectivity index is 1.60. The third-order valence-electron chi connectivity index (χ3n) is 5.49. The summed E-state index contributed by atoms with van der Waals surface area (Å²) in [5, 5.41) is 10.8. The molecule has 10 nitrogen and oxygen atoms in total. The number of rotatable bonds is 6. The van der Waals surface area contributed by atoms with Crippen molar-refractivity contribution >= 4 is 56.5 Å². The van der Waals surface area contributed by atoms with Crippen molar-refractivity contribution in [2.75, 3.05) is 32.8 Å². The van der Waals surface area contributed by atoms with E-state index in [1.54, 1.807) is 0 Å². The van der Waals surface area contributed by atoms with E-state index in [1.807, 2.05) is 0 Å². The second-order valence-electron chi connectivity index (χ2n) is 7.98. The molecular formula is C23H17BrF3N3O7S. The van der Waals surface area contributed by atoms with Gasteiger partial charge in [-0.3, -0.25) is 29.4 Å². The van der Waals surface area contributed by atoms with Crippen LogP contribution in [0.5, 0.6) is 11.5 Å². The molecule has 38 heavy (non-hydrogen) atoms. The molecule has 0 spiro atoms. The van der Waals surface area contributed by atoms with Crippen molar-refractivity contribution in [3.8, 4) is 11.5 Å². The van der Waals surface area contributed by atoms with Gasteiger partial charge in [-0.1, -0.05) is 15.9 Å². The third-order valence-corrected chi connectivity index (χ3v) is 6.89. The fourth-order valence-corrected chi connectivity index (χ4v) is 4.80. The smallest absolute Gasteiger partial charge is 0.416 e. The number of imide groups is 1. The molecule has 2 aliphatic rings. The molecule has 3 amide bonds. The summed E-state index contributed by atoms with van der Waals surface area (Å²) in [4.78, 5) is 50.7. The molecule has 4 rings (SSSR count). The van der Waals surface area contributed by atoms with E-state index >= 15 is 0 Å². The van der Waals surface area contributed by atoms with Gasteiger partial charge in [0.25, 0.3) is 11.1 Å². The summed E-state index contributed by atoms with van der Waals surface area (Å²) in [6.07, 6.45) is -3.49. The molecule has 2 aromatic carbocycles. The minimum absolute atomic E-state index is 0.0211. The first-order valence-electron chi connectivity index (χ1n) is 10.9. The zero-order chi connectivity index (χ0) is 27.6. The number of morpholine rings is 1. The number of nitro groups is 1. The standard InChI is InChI=1S/C23H17BrF3N3O7S/c24-15-2-4-17(37-18-3-1-14(23(25,26)27)11-16(18)30(34)35)13(9-15)10-19-21(32)29(22(33)38-19)12-20(31)28-5-7-36-8-6-28/h1-4,9-11H,5-8,12H2/b19-10+. The maximum absolute atomic E-state index is 13.0. The van der Waals surface area contributed by atoms with Gasteiger partial charge in [0, 0.05) is 29.2 Å². The zero-order valence-electron chi connectivity index (χ0n) is 19.2. The third kappa shape index (κ3) is 6.16. The van der Waals surface area contributed by atoms with Crippen LogP contribution in [-0.2, 0) is 20.5 Å². The van der Waals surface area contributed by atoms with Gasteiger partial charge in [0.2, 0.25) is 11.7 Å². The molecule has 0 saturated carbocycles. The maximum Gasteiger partial charge on any atom is 0.416 e. The fraction of sp³-hybridized carbons (Fsp3) is 0.261. The minimum Gasteiger partial charge on any atom is -0.449 e. The molecule has 2 aliphatic heterocycles. The average molecular weight is 616 g/mol. The fourth-order valence-electron chi connectivity index (χ4n) is 3.59. The first kappa shape index (κ1) is 27.6. The first-order valence-corrected chi connectivity index (χ1v) is 12.5. The summed E-state index contributed by atoms with van der Waals surface area (Å²) in [6, 6.07) is 6.26. The number of carbonyl (C=O) groups is 3. The maximum atomic E-state index is 13.0. The number of ether oxygens (including phenoxy) is 2. The molecular weight excluding hydrogens is 599 g/mol. The normalized spacial score (nSPS) is 17.3. The average Bonchev–Trinajstić information content (AvgIpc) is 3.12. The quantitative estimate of drug-likeness (QED) is 0.251. The Morgan fingerprint density at radius 1 is 1.16 bits per heavy atom. The molecule has 0 aromatic heterocycles. The Kier molecular flexibility index (Phi) is 8.08. The zero-order valence-corrected chi connectivity index (χ0v) is 21.6. The van der Waals surface area contributed by atoms with E-state index in [9.17, 15) is 37.7 Å². The molecule has 0 radical (unpaired) electrons. The number of halogens is 4. The van der Waals surface area contributed by atoms with E-state index in [4.69, 9.17) is 9.47 Å². The van der Waals surface area contributed by atoms with Crippen LogP contribution < -0.4 is 4.74 Å². The second-order valence-corrected chi connectivity index (χ2v) is 9.89. The Labute approximate surface area is 225 Å². The summed E-state index contributed by atoms with van der Waals surface area (Å²) in [5.74, 6) is -1.59. The number of hydrogen-bond donors (Lipinski definition) is 0. The molecule has 200 valence electrons. The predicted molar refractivity (Wildman–Crippen MR) is 132 cm³/mol. The Morgan fingerprint density at radius 3 is 2.50 bits per heavy atom. The van der Waals surface area contributed by atoms with E-state index < -0.39 is 51.7 Å². The molecule has 2 saturated heterocycles. The van der Waals surface area contributed by atoms with Crippen LogP contribution in [0.3, 0.4) is 0 Å². The van der Waals surface area contributed by atoms with Gasteiger partial charge in [0.15, 0.2) is 0 Å². The lowest BCUT2D eigenvalue weighted by atomic mass is 10.1. The molecule has 15 heteroatoms. The Bertz CT molecular complexity index is 1350. The van der Waals surface area contributed by atoms with Crippen molar-refractivity contribution in [3.63, 3.8) is 0 Å². The number of thioether (sulfide) groups is 1. The van der Waals surface area contributed by atoms with Crippen LogP contribution in [0.4, 0.5) is 23.7 Å². The van der Waals surface area contributed by atoms with Gasteiger partial charge in [-0.2, -0.15) is 13.2 Å². The minimum atomic E-state index is -4.79.